The summed E-state index contributed by atoms with van der Waals surface area (Å²) in [6, 6.07) is 5.11. The molecule has 1 fully saturated rings. The van der Waals surface area contributed by atoms with E-state index in [2.05, 4.69) is 15.4 Å². The van der Waals surface area contributed by atoms with Crippen LogP contribution < -0.4 is 15.4 Å². The summed E-state index contributed by atoms with van der Waals surface area (Å²) >= 11 is 0. The molecule has 22 heavy (non-hydrogen) atoms. The molecule has 1 saturated heterocycles. The van der Waals surface area contributed by atoms with Gasteiger partial charge >= 0.3 is 6.36 Å². The molecule has 5 nitrogen and oxygen atoms in total. The van der Waals surface area contributed by atoms with E-state index in [1.807, 2.05) is 0 Å². The van der Waals surface area contributed by atoms with Crippen LogP contribution in [0.3, 0.4) is 0 Å². The molecule has 0 atom stereocenters. The van der Waals surface area contributed by atoms with Gasteiger partial charge in [-0.05, 0) is 38.1 Å². The van der Waals surface area contributed by atoms with Gasteiger partial charge in [-0.1, -0.05) is 6.07 Å². The lowest BCUT2D eigenvalue weighted by atomic mass is 10.1. The summed E-state index contributed by atoms with van der Waals surface area (Å²) in [4.78, 5) is 11.7. The SMILES string of the molecule is O=C(COC1CCNCC1)Nc1cccc(OC(F)(F)F)c1. The predicted molar refractivity (Wildman–Crippen MR) is 73.6 cm³/mol. The van der Waals surface area contributed by atoms with Crippen LogP contribution in [0.1, 0.15) is 12.8 Å². The van der Waals surface area contributed by atoms with E-state index in [0.29, 0.717) is 0 Å². The first-order valence-electron chi connectivity index (χ1n) is 6.90. The van der Waals surface area contributed by atoms with Crippen LogP contribution in [0, 0.1) is 0 Å². The number of hydrogen-bond acceptors (Lipinski definition) is 4. The van der Waals surface area contributed by atoms with Gasteiger partial charge in [-0.15, -0.1) is 13.2 Å². The largest absolute Gasteiger partial charge is 0.573 e. The third kappa shape index (κ3) is 5.90. The van der Waals surface area contributed by atoms with Crippen molar-refractivity contribution in [2.24, 2.45) is 0 Å². The lowest BCUT2D eigenvalue weighted by Gasteiger charge is -2.22. The topological polar surface area (TPSA) is 59.6 Å². The molecule has 0 aromatic heterocycles. The van der Waals surface area contributed by atoms with Crippen LogP contribution in [0.5, 0.6) is 5.75 Å². The highest BCUT2D eigenvalue weighted by atomic mass is 19.4. The van der Waals surface area contributed by atoms with E-state index in [0.717, 1.165) is 38.1 Å². The Balaban J connectivity index is 1.81. The van der Waals surface area contributed by atoms with Crippen LogP contribution in [-0.4, -0.2) is 38.1 Å². The molecule has 2 rings (SSSR count). The van der Waals surface area contributed by atoms with Crippen molar-refractivity contribution in [3.05, 3.63) is 24.3 Å². The normalized spacial score (nSPS) is 16.3. The Morgan fingerprint density at radius 3 is 2.73 bits per heavy atom. The van der Waals surface area contributed by atoms with Crippen molar-refractivity contribution >= 4 is 11.6 Å². The maximum atomic E-state index is 12.1. The summed E-state index contributed by atoms with van der Waals surface area (Å²) in [6.07, 6.45) is -3.06. The molecule has 0 spiro atoms. The average molecular weight is 318 g/mol. The third-order valence-corrected chi connectivity index (χ3v) is 3.09. The van der Waals surface area contributed by atoms with Crippen molar-refractivity contribution in [1.29, 1.82) is 0 Å². The summed E-state index contributed by atoms with van der Waals surface area (Å²) in [5, 5.41) is 5.66. The number of carbonyl (C=O) groups excluding carboxylic acids is 1. The number of anilines is 1. The smallest absolute Gasteiger partial charge is 0.406 e. The average Bonchev–Trinajstić information content (AvgIpc) is 2.45. The molecule has 0 aliphatic carbocycles. The summed E-state index contributed by atoms with van der Waals surface area (Å²) in [5.74, 6) is -0.799. The third-order valence-electron chi connectivity index (χ3n) is 3.09. The fourth-order valence-electron chi connectivity index (χ4n) is 2.12. The maximum Gasteiger partial charge on any atom is 0.573 e. The highest BCUT2D eigenvalue weighted by molar-refractivity contribution is 5.91. The molecule has 122 valence electrons. The van der Waals surface area contributed by atoms with Crippen molar-refractivity contribution in [2.75, 3.05) is 25.0 Å². The molecule has 1 aromatic rings. The Labute approximate surface area is 125 Å². The molecule has 8 heteroatoms. The van der Waals surface area contributed by atoms with E-state index in [4.69, 9.17) is 4.74 Å². The standard InChI is InChI=1S/C14H17F3N2O3/c15-14(16,17)22-12-3-1-2-10(8-12)19-13(20)9-21-11-4-6-18-7-5-11/h1-3,8,11,18H,4-7,9H2,(H,19,20). The minimum absolute atomic E-state index is 0.0342. The lowest BCUT2D eigenvalue weighted by Crippen LogP contribution is -2.34. The number of ether oxygens (including phenoxy) is 2. The number of nitrogens with one attached hydrogen (secondary N) is 2. The minimum atomic E-state index is -4.76. The number of carbonyl (C=O) groups is 1. The summed E-state index contributed by atoms with van der Waals surface area (Å²) in [6.45, 7) is 1.57. The van der Waals surface area contributed by atoms with Crippen LogP contribution in [0.25, 0.3) is 0 Å². The first-order chi connectivity index (χ1) is 10.4. The fourth-order valence-corrected chi connectivity index (χ4v) is 2.12. The number of hydrogen-bond donors (Lipinski definition) is 2. The summed E-state index contributed by atoms with van der Waals surface area (Å²) < 4.78 is 45.6. The summed E-state index contributed by atoms with van der Waals surface area (Å²) in [7, 11) is 0. The Morgan fingerprint density at radius 1 is 1.32 bits per heavy atom. The van der Waals surface area contributed by atoms with Crippen LogP contribution >= 0.6 is 0 Å². The van der Waals surface area contributed by atoms with Crippen molar-refractivity contribution in [3.8, 4) is 5.75 Å². The molecule has 0 unspecified atom stereocenters. The van der Waals surface area contributed by atoms with Crippen LogP contribution in [-0.2, 0) is 9.53 Å². The van der Waals surface area contributed by atoms with Gasteiger partial charge in [0, 0.05) is 11.8 Å². The Kier molecular flexibility index (Phi) is 5.62. The van der Waals surface area contributed by atoms with E-state index in [1.54, 1.807) is 0 Å². The van der Waals surface area contributed by atoms with E-state index >= 15 is 0 Å². The zero-order valence-corrected chi connectivity index (χ0v) is 11.8. The van der Waals surface area contributed by atoms with Crippen LogP contribution in [0.4, 0.5) is 18.9 Å². The molecule has 0 saturated carbocycles. The number of piperidine rings is 1. The van der Waals surface area contributed by atoms with Gasteiger partial charge in [-0.2, -0.15) is 0 Å². The number of alkyl halides is 3. The summed E-state index contributed by atoms with van der Waals surface area (Å²) in [5.41, 5.74) is 0.223. The Hall–Kier alpha value is -1.80. The molecule has 1 amide bonds. The van der Waals surface area contributed by atoms with Gasteiger partial charge in [0.15, 0.2) is 0 Å². The molecule has 0 radical (unpaired) electrons. The second-order valence-electron chi connectivity index (χ2n) is 4.88. The zero-order chi connectivity index (χ0) is 16.0. The first-order valence-corrected chi connectivity index (χ1v) is 6.90. The van der Waals surface area contributed by atoms with Crippen molar-refractivity contribution < 1.29 is 27.4 Å². The van der Waals surface area contributed by atoms with E-state index in [9.17, 15) is 18.0 Å². The highest BCUT2D eigenvalue weighted by Crippen LogP contribution is 2.25. The predicted octanol–water partition coefficient (Wildman–Crippen LogP) is 2.29. The number of halogens is 3. The zero-order valence-electron chi connectivity index (χ0n) is 11.8. The van der Waals surface area contributed by atoms with Gasteiger partial charge in [0.1, 0.15) is 12.4 Å². The molecule has 1 aliphatic rings. The van der Waals surface area contributed by atoms with E-state index < -0.39 is 12.3 Å². The molecule has 1 aromatic carbocycles. The number of benzene rings is 1. The van der Waals surface area contributed by atoms with E-state index in [1.165, 1.54) is 12.1 Å². The van der Waals surface area contributed by atoms with Gasteiger partial charge in [-0.3, -0.25) is 4.79 Å². The Bertz CT molecular complexity index is 502. The van der Waals surface area contributed by atoms with Crippen LogP contribution in [0.2, 0.25) is 0 Å². The van der Waals surface area contributed by atoms with Crippen molar-refractivity contribution in [3.63, 3.8) is 0 Å². The monoisotopic (exact) mass is 318 g/mol. The maximum absolute atomic E-state index is 12.1. The molecule has 1 aliphatic heterocycles. The molecule has 1 heterocycles. The second kappa shape index (κ2) is 7.46. The first kappa shape index (κ1) is 16.6. The highest BCUT2D eigenvalue weighted by Gasteiger charge is 2.31. The quantitative estimate of drug-likeness (QED) is 0.874. The minimum Gasteiger partial charge on any atom is -0.406 e. The number of rotatable bonds is 5. The lowest BCUT2D eigenvalue weighted by molar-refractivity contribution is -0.274. The van der Waals surface area contributed by atoms with Crippen molar-refractivity contribution in [1.82, 2.24) is 5.32 Å². The van der Waals surface area contributed by atoms with Gasteiger partial charge in [-0.25, -0.2) is 0 Å². The van der Waals surface area contributed by atoms with Gasteiger partial charge in [0.2, 0.25) is 5.91 Å². The fraction of sp³-hybridized carbons (Fsp3) is 0.500. The van der Waals surface area contributed by atoms with Crippen molar-refractivity contribution in [2.45, 2.75) is 25.3 Å². The molecular weight excluding hydrogens is 301 g/mol. The second-order valence-corrected chi connectivity index (χ2v) is 4.88. The number of amides is 1. The van der Waals surface area contributed by atoms with Gasteiger partial charge < -0.3 is 20.1 Å². The van der Waals surface area contributed by atoms with Gasteiger partial charge in [0.25, 0.3) is 0 Å². The molecule has 0 bridgehead atoms. The van der Waals surface area contributed by atoms with E-state index in [-0.39, 0.29) is 24.1 Å². The molecule has 2 N–H and O–H groups in total. The van der Waals surface area contributed by atoms with Crippen LogP contribution in [0.15, 0.2) is 24.3 Å². The Morgan fingerprint density at radius 2 is 2.05 bits per heavy atom. The van der Waals surface area contributed by atoms with Gasteiger partial charge in [0.05, 0.1) is 6.10 Å². The molecular formula is C14H17F3N2O3.